The number of ether oxygens (including phenoxy) is 2. The highest BCUT2D eigenvalue weighted by Gasteiger charge is 2.31. The summed E-state index contributed by atoms with van der Waals surface area (Å²) in [6.07, 6.45) is 3.60. The van der Waals surface area contributed by atoms with Gasteiger partial charge >= 0.3 is 5.92 Å². The molecule has 6 nitrogen and oxygen atoms in total. The molecule has 0 bridgehead atoms. The van der Waals surface area contributed by atoms with E-state index in [1.807, 2.05) is 50.4 Å². The maximum Gasteiger partial charge on any atom is 0.303 e. The van der Waals surface area contributed by atoms with Crippen molar-refractivity contribution in [2.75, 3.05) is 19.5 Å². The van der Waals surface area contributed by atoms with Crippen molar-refractivity contribution in [3.05, 3.63) is 76.1 Å². The molecule has 3 rings (SSSR count). The molecule has 0 radical (unpaired) electrons. The van der Waals surface area contributed by atoms with E-state index < -0.39 is 24.6 Å². The van der Waals surface area contributed by atoms with Gasteiger partial charge in [-0.1, -0.05) is 49.3 Å². The van der Waals surface area contributed by atoms with Gasteiger partial charge in [0.1, 0.15) is 25.0 Å². The number of thioether (sulfide) groups is 1. The predicted molar refractivity (Wildman–Crippen MR) is 130 cm³/mol. The molecule has 0 amide bonds. The Morgan fingerprint density at radius 3 is 2.46 bits per heavy atom. The van der Waals surface area contributed by atoms with Crippen molar-refractivity contribution >= 4 is 23.4 Å². The molecule has 1 aromatic heterocycles. The Hall–Kier alpha value is -2.93. The Balaban J connectivity index is 1.78. The van der Waals surface area contributed by atoms with Crippen LogP contribution in [0, 0.1) is 11.3 Å². The Labute approximate surface area is 211 Å². The second-order valence-electron chi connectivity index (χ2n) is 8.22. The molecule has 0 saturated heterocycles. The van der Waals surface area contributed by atoms with Crippen LogP contribution in [0.2, 0.25) is 5.02 Å². The van der Waals surface area contributed by atoms with Gasteiger partial charge < -0.3 is 14.6 Å². The number of benzene rings is 2. The average Bonchev–Trinajstić information content (AvgIpc) is 2.86. The monoisotopic (exact) mass is 519 g/mol. The number of aliphatic hydroxyl groups is 1. The summed E-state index contributed by atoms with van der Waals surface area (Å²) in [5.41, 5.74) is 1.87. The Kier molecular flexibility index (Phi) is 8.54. The molecule has 0 aliphatic heterocycles. The molecule has 2 aromatic carbocycles. The highest BCUT2D eigenvalue weighted by molar-refractivity contribution is 7.98. The van der Waals surface area contributed by atoms with Crippen molar-refractivity contribution in [1.29, 1.82) is 5.26 Å². The number of hydrogen-bond donors (Lipinski definition) is 1. The van der Waals surface area contributed by atoms with E-state index in [0.717, 1.165) is 11.3 Å². The van der Waals surface area contributed by atoms with Gasteiger partial charge in [0.15, 0.2) is 17.5 Å². The normalized spacial score (nSPS) is 11.7. The van der Waals surface area contributed by atoms with Crippen LogP contribution in [0.25, 0.3) is 0 Å². The molecule has 3 aromatic rings. The lowest BCUT2D eigenvalue weighted by molar-refractivity contribution is -0.0801. The van der Waals surface area contributed by atoms with Gasteiger partial charge in [0, 0.05) is 11.6 Å². The predicted octanol–water partition coefficient (Wildman–Crippen LogP) is 5.63. The first kappa shape index (κ1) is 26.7. The van der Waals surface area contributed by atoms with E-state index in [9.17, 15) is 14.0 Å². The van der Waals surface area contributed by atoms with Crippen molar-refractivity contribution in [1.82, 2.24) is 9.97 Å². The molecular weight excluding hydrogens is 496 g/mol. The molecule has 184 valence electrons. The van der Waals surface area contributed by atoms with E-state index in [-0.39, 0.29) is 16.3 Å². The van der Waals surface area contributed by atoms with Crippen molar-refractivity contribution in [3.8, 4) is 17.6 Å². The molecule has 0 saturated carbocycles. The number of nitrogens with zero attached hydrogens (tertiary/aromatic N) is 3. The molecule has 0 unspecified atom stereocenters. The van der Waals surface area contributed by atoms with Crippen LogP contribution in [-0.2, 0) is 12.0 Å². The van der Waals surface area contributed by atoms with Crippen LogP contribution >= 0.6 is 23.4 Å². The van der Waals surface area contributed by atoms with Gasteiger partial charge in [-0.15, -0.1) is 0 Å². The van der Waals surface area contributed by atoms with E-state index in [0.29, 0.717) is 23.1 Å². The molecule has 0 aliphatic carbocycles. The van der Waals surface area contributed by atoms with E-state index in [4.69, 9.17) is 26.2 Å². The van der Waals surface area contributed by atoms with Crippen LogP contribution in [0.15, 0.2) is 53.8 Å². The Bertz CT molecular complexity index is 1220. The van der Waals surface area contributed by atoms with Crippen LogP contribution in [0.1, 0.15) is 36.2 Å². The summed E-state index contributed by atoms with van der Waals surface area (Å²) in [5, 5.41) is 19.0. The second-order valence-corrected chi connectivity index (χ2v) is 9.40. The van der Waals surface area contributed by atoms with Gasteiger partial charge in [0.2, 0.25) is 0 Å². The summed E-state index contributed by atoms with van der Waals surface area (Å²) in [6.45, 7) is 1.77. The minimum atomic E-state index is -3.44. The number of hydrogen-bond acceptors (Lipinski definition) is 7. The summed E-state index contributed by atoms with van der Waals surface area (Å²) >= 11 is 7.77. The van der Waals surface area contributed by atoms with E-state index >= 15 is 0 Å². The molecule has 1 heterocycles. The fraction of sp³-hybridized carbons (Fsp3) is 0.320. The highest BCUT2D eigenvalue weighted by Crippen LogP contribution is 2.39. The first-order chi connectivity index (χ1) is 16.6. The maximum absolute atomic E-state index is 13.4. The van der Waals surface area contributed by atoms with Gasteiger partial charge in [0.05, 0.1) is 16.3 Å². The number of aliphatic hydroxyl groups excluding tert-OH is 1. The number of nitriles is 1. The van der Waals surface area contributed by atoms with Crippen LogP contribution in [0.5, 0.6) is 11.5 Å². The van der Waals surface area contributed by atoms with Gasteiger partial charge in [-0.05, 0) is 47.7 Å². The van der Waals surface area contributed by atoms with Gasteiger partial charge in [-0.3, -0.25) is 0 Å². The SMILES string of the molecule is CSc1nccc(COc2ccc(C(C)(C)c3cc(Cl)c(OCC(F)(F)CO)c(C#N)c3)cc2)n1. The molecule has 10 heteroatoms. The van der Waals surface area contributed by atoms with E-state index in [1.54, 1.807) is 24.4 Å². The fourth-order valence-electron chi connectivity index (χ4n) is 3.25. The van der Waals surface area contributed by atoms with E-state index in [1.165, 1.54) is 11.8 Å². The zero-order valence-corrected chi connectivity index (χ0v) is 21.0. The Morgan fingerprint density at radius 1 is 1.11 bits per heavy atom. The number of aromatic nitrogens is 2. The largest absolute Gasteiger partial charge is 0.487 e. The smallest absolute Gasteiger partial charge is 0.303 e. The van der Waals surface area contributed by atoms with Crippen molar-refractivity contribution < 1.29 is 23.4 Å². The molecule has 35 heavy (non-hydrogen) atoms. The lowest BCUT2D eigenvalue weighted by atomic mass is 9.77. The zero-order chi connectivity index (χ0) is 25.6. The minimum Gasteiger partial charge on any atom is -0.487 e. The lowest BCUT2D eigenvalue weighted by Gasteiger charge is -2.27. The molecule has 0 atom stereocenters. The van der Waals surface area contributed by atoms with Crippen LogP contribution < -0.4 is 9.47 Å². The maximum atomic E-state index is 13.4. The number of rotatable bonds is 10. The third-order valence-electron chi connectivity index (χ3n) is 5.38. The van der Waals surface area contributed by atoms with Crippen LogP contribution in [-0.4, -0.2) is 40.5 Å². The zero-order valence-electron chi connectivity index (χ0n) is 19.4. The topological polar surface area (TPSA) is 88.3 Å². The third kappa shape index (κ3) is 6.60. The molecule has 1 N–H and O–H groups in total. The summed E-state index contributed by atoms with van der Waals surface area (Å²) < 4.78 is 37.7. The van der Waals surface area contributed by atoms with Crippen LogP contribution in [0.3, 0.4) is 0 Å². The molecular formula is C25H24ClF2N3O3S. The molecule has 0 aliphatic rings. The van der Waals surface area contributed by atoms with Gasteiger partial charge in [0.25, 0.3) is 0 Å². The minimum absolute atomic E-state index is 0.0312. The molecule has 0 spiro atoms. The summed E-state index contributed by atoms with van der Waals surface area (Å²) in [5.74, 6) is -2.92. The van der Waals surface area contributed by atoms with Crippen molar-refractivity contribution in [2.45, 2.75) is 36.9 Å². The first-order valence-corrected chi connectivity index (χ1v) is 12.1. The highest BCUT2D eigenvalue weighted by atomic mass is 35.5. The van der Waals surface area contributed by atoms with Crippen LogP contribution in [0.4, 0.5) is 8.78 Å². The standard InChI is InChI=1S/C25H24ClF2N3O3S/c1-24(2,18-10-16(12-29)22(21(26)11-18)34-15-25(27,28)14-32)17-4-6-20(7-5-17)33-13-19-8-9-30-23(31-19)35-3/h4-11,32H,13-15H2,1-3H3. The lowest BCUT2D eigenvalue weighted by Crippen LogP contribution is -2.30. The number of alkyl halides is 2. The fourth-order valence-corrected chi connectivity index (χ4v) is 3.90. The number of halogens is 3. The summed E-state index contributed by atoms with van der Waals surface area (Å²) in [7, 11) is 0. The summed E-state index contributed by atoms with van der Waals surface area (Å²) in [4.78, 5) is 8.53. The van der Waals surface area contributed by atoms with Gasteiger partial charge in [-0.25, -0.2) is 18.7 Å². The summed E-state index contributed by atoms with van der Waals surface area (Å²) in [6, 6.07) is 14.4. The average molecular weight is 520 g/mol. The molecule has 0 fully saturated rings. The quantitative estimate of drug-likeness (QED) is 0.274. The first-order valence-electron chi connectivity index (χ1n) is 10.5. The van der Waals surface area contributed by atoms with Crippen molar-refractivity contribution in [2.24, 2.45) is 0 Å². The van der Waals surface area contributed by atoms with Gasteiger partial charge in [-0.2, -0.15) is 5.26 Å². The van der Waals surface area contributed by atoms with E-state index in [2.05, 4.69) is 9.97 Å². The Morgan fingerprint density at radius 2 is 1.83 bits per heavy atom. The third-order valence-corrected chi connectivity index (χ3v) is 6.22. The second kappa shape index (κ2) is 11.2. The van der Waals surface area contributed by atoms with Crippen molar-refractivity contribution in [3.63, 3.8) is 0 Å².